The van der Waals surface area contributed by atoms with Gasteiger partial charge in [-0.15, -0.1) is 0 Å². The average molecular weight is 233 g/mol. The summed E-state index contributed by atoms with van der Waals surface area (Å²) >= 11 is 0. The largest absolute Gasteiger partial charge is 0.379 e. The third-order valence-electron chi connectivity index (χ3n) is 2.75. The summed E-state index contributed by atoms with van der Waals surface area (Å²) in [5.74, 6) is -0.181. The smallest absolute Gasteiger partial charge is 0.128 e. The number of hydrogen-bond acceptors (Lipinski definition) is 2. The van der Waals surface area contributed by atoms with Gasteiger partial charge in [-0.2, -0.15) is 5.10 Å². The van der Waals surface area contributed by atoms with Crippen molar-refractivity contribution < 1.29 is 4.39 Å². The lowest BCUT2D eigenvalue weighted by Crippen LogP contribution is -2.07. The Morgan fingerprint density at radius 2 is 2.18 bits per heavy atom. The minimum Gasteiger partial charge on any atom is -0.379 e. The summed E-state index contributed by atoms with van der Waals surface area (Å²) in [5, 5.41) is 7.37. The van der Waals surface area contributed by atoms with Crippen molar-refractivity contribution >= 4 is 5.69 Å². The Balaban J connectivity index is 2.05. The summed E-state index contributed by atoms with van der Waals surface area (Å²) in [4.78, 5) is 0. The summed E-state index contributed by atoms with van der Waals surface area (Å²) < 4.78 is 15.2. The molecule has 0 radical (unpaired) electrons. The first-order valence-electron chi connectivity index (χ1n) is 5.71. The highest BCUT2D eigenvalue weighted by Gasteiger charge is 2.02. The van der Waals surface area contributed by atoms with Crippen molar-refractivity contribution in [2.24, 2.45) is 0 Å². The van der Waals surface area contributed by atoms with Crippen molar-refractivity contribution in [2.45, 2.75) is 26.9 Å². The number of benzene rings is 1. The van der Waals surface area contributed by atoms with Crippen LogP contribution < -0.4 is 5.32 Å². The van der Waals surface area contributed by atoms with Crippen molar-refractivity contribution in [1.82, 2.24) is 9.78 Å². The second kappa shape index (κ2) is 4.99. The molecule has 0 amide bonds. The van der Waals surface area contributed by atoms with Crippen LogP contribution >= 0.6 is 0 Å². The van der Waals surface area contributed by atoms with E-state index < -0.39 is 0 Å². The second-order valence-electron chi connectivity index (χ2n) is 3.96. The van der Waals surface area contributed by atoms with Gasteiger partial charge in [-0.25, -0.2) is 4.39 Å². The quantitative estimate of drug-likeness (QED) is 0.879. The molecule has 0 bridgehead atoms. The van der Waals surface area contributed by atoms with Crippen LogP contribution in [0, 0.1) is 12.7 Å². The van der Waals surface area contributed by atoms with Crippen LogP contribution in [-0.4, -0.2) is 9.78 Å². The molecule has 17 heavy (non-hydrogen) atoms. The minimum absolute atomic E-state index is 0.181. The molecule has 1 N–H and O–H groups in total. The Morgan fingerprint density at radius 3 is 2.88 bits per heavy atom. The molecule has 90 valence electrons. The molecule has 0 unspecified atom stereocenters. The Morgan fingerprint density at radius 1 is 1.35 bits per heavy atom. The standard InChI is InChI=1S/C13H16FN3/c1-3-17-12(6-7-16-17)9-15-11-5-4-10(2)13(14)8-11/h4-8,15H,3,9H2,1-2H3. The molecule has 4 heteroatoms. The van der Waals surface area contributed by atoms with Crippen LogP contribution in [0.4, 0.5) is 10.1 Å². The third kappa shape index (κ3) is 2.64. The first-order chi connectivity index (χ1) is 8.20. The zero-order valence-corrected chi connectivity index (χ0v) is 10.1. The van der Waals surface area contributed by atoms with E-state index in [2.05, 4.69) is 10.4 Å². The molecular weight excluding hydrogens is 217 g/mol. The van der Waals surface area contributed by atoms with E-state index in [1.54, 1.807) is 19.2 Å². The predicted molar refractivity (Wildman–Crippen MR) is 66.4 cm³/mol. The fourth-order valence-corrected chi connectivity index (χ4v) is 1.69. The van der Waals surface area contributed by atoms with Gasteiger partial charge in [-0.1, -0.05) is 6.07 Å². The molecule has 0 saturated carbocycles. The van der Waals surface area contributed by atoms with E-state index in [1.807, 2.05) is 23.7 Å². The number of aromatic nitrogens is 2. The monoisotopic (exact) mass is 233 g/mol. The highest BCUT2D eigenvalue weighted by atomic mass is 19.1. The number of nitrogens with zero attached hydrogens (tertiary/aromatic N) is 2. The Hall–Kier alpha value is -1.84. The van der Waals surface area contributed by atoms with Crippen molar-refractivity contribution in [1.29, 1.82) is 0 Å². The molecule has 2 rings (SSSR count). The number of nitrogens with one attached hydrogen (secondary N) is 1. The molecule has 2 aromatic rings. The van der Waals surface area contributed by atoms with Gasteiger partial charge in [0, 0.05) is 18.4 Å². The van der Waals surface area contributed by atoms with E-state index in [9.17, 15) is 4.39 Å². The van der Waals surface area contributed by atoms with Gasteiger partial charge in [0.05, 0.1) is 12.2 Å². The Bertz CT molecular complexity index is 505. The van der Waals surface area contributed by atoms with Gasteiger partial charge in [0.15, 0.2) is 0 Å². The number of anilines is 1. The summed E-state index contributed by atoms with van der Waals surface area (Å²) in [7, 11) is 0. The summed E-state index contributed by atoms with van der Waals surface area (Å²) in [6.07, 6.45) is 1.77. The molecular formula is C13H16FN3. The highest BCUT2D eigenvalue weighted by molar-refractivity contribution is 5.45. The second-order valence-corrected chi connectivity index (χ2v) is 3.96. The van der Waals surface area contributed by atoms with Gasteiger partial charge < -0.3 is 5.32 Å². The van der Waals surface area contributed by atoms with Crippen LogP contribution in [0.15, 0.2) is 30.5 Å². The lowest BCUT2D eigenvalue weighted by atomic mass is 10.2. The van der Waals surface area contributed by atoms with Gasteiger partial charge in [-0.05, 0) is 37.6 Å². The van der Waals surface area contributed by atoms with E-state index in [-0.39, 0.29) is 5.82 Å². The van der Waals surface area contributed by atoms with Crippen molar-refractivity contribution in [3.05, 3.63) is 47.5 Å². The zero-order valence-electron chi connectivity index (χ0n) is 10.1. The maximum absolute atomic E-state index is 13.3. The number of hydrogen-bond donors (Lipinski definition) is 1. The number of rotatable bonds is 4. The normalized spacial score (nSPS) is 10.5. The number of halogens is 1. The molecule has 1 aromatic heterocycles. The molecule has 0 aliphatic rings. The molecule has 0 fully saturated rings. The molecule has 0 atom stereocenters. The minimum atomic E-state index is -0.181. The fourth-order valence-electron chi connectivity index (χ4n) is 1.69. The maximum atomic E-state index is 13.3. The van der Waals surface area contributed by atoms with E-state index in [0.29, 0.717) is 12.1 Å². The number of aryl methyl sites for hydroxylation is 2. The molecule has 0 saturated heterocycles. The van der Waals surface area contributed by atoms with Gasteiger partial charge in [0.1, 0.15) is 5.82 Å². The molecule has 3 nitrogen and oxygen atoms in total. The van der Waals surface area contributed by atoms with E-state index in [4.69, 9.17) is 0 Å². The SMILES string of the molecule is CCn1nccc1CNc1ccc(C)c(F)c1. The first-order valence-corrected chi connectivity index (χ1v) is 5.71. The van der Waals surface area contributed by atoms with Gasteiger partial charge in [-0.3, -0.25) is 4.68 Å². The van der Waals surface area contributed by atoms with E-state index in [0.717, 1.165) is 17.9 Å². The molecule has 1 aromatic carbocycles. The highest BCUT2D eigenvalue weighted by Crippen LogP contribution is 2.14. The van der Waals surface area contributed by atoms with E-state index >= 15 is 0 Å². The van der Waals surface area contributed by atoms with Crippen LogP contribution in [0.3, 0.4) is 0 Å². The van der Waals surface area contributed by atoms with Gasteiger partial charge in [0.25, 0.3) is 0 Å². The lowest BCUT2D eigenvalue weighted by molar-refractivity contribution is 0.617. The average Bonchev–Trinajstić information content (AvgIpc) is 2.78. The lowest BCUT2D eigenvalue weighted by Gasteiger charge is -2.08. The van der Waals surface area contributed by atoms with Crippen molar-refractivity contribution in [3.8, 4) is 0 Å². The molecule has 0 spiro atoms. The summed E-state index contributed by atoms with van der Waals surface area (Å²) in [6, 6.07) is 7.13. The fraction of sp³-hybridized carbons (Fsp3) is 0.308. The van der Waals surface area contributed by atoms with Crippen molar-refractivity contribution in [2.75, 3.05) is 5.32 Å². The predicted octanol–water partition coefficient (Wildman–Crippen LogP) is 2.96. The van der Waals surface area contributed by atoms with Crippen molar-refractivity contribution in [3.63, 3.8) is 0 Å². The first kappa shape index (κ1) is 11.6. The van der Waals surface area contributed by atoms with Crippen LogP contribution in [-0.2, 0) is 13.1 Å². The van der Waals surface area contributed by atoms with Gasteiger partial charge in [0.2, 0.25) is 0 Å². The van der Waals surface area contributed by atoms with Crippen LogP contribution in [0.1, 0.15) is 18.2 Å². The molecule has 0 aliphatic carbocycles. The molecule has 1 heterocycles. The zero-order chi connectivity index (χ0) is 12.3. The summed E-state index contributed by atoms with van der Waals surface area (Å²) in [6.45, 7) is 5.29. The Kier molecular flexibility index (Phi) is 3.42. The third-order valence-corrected chi connectivity index (χ3v) is 2.75. The van der Waals surface area contributed by atoms with Crippen LogP contribution in [0.25, 0.3) is 0 Å². The van der Waals surface area contributed by atoms with Crippen LogP contribution in [0.2, 0.25) is 0 Å². The topological polar surface area (TPSA) is 29.9 Å². The summed E-state index contributed by atoms with van der Waals surface area (Å²) in [5.41, 5.74) is 2.54. The van der Waals surface area contributed by atoms with Gasteiger partial charge >= 0.3 is 0 Å². The van der Waals surface area contributed by atoms with E-state index in [1.165, 1.54) is 6.07 Å². The maximum Gasteiger partial charge on any atom is 0.128 e. The Labute approximate surface area is 100 Å². The molecule has 0 aliphatic heterocycles. The van der Waals surface area contributed by atoms with Crippen LogP contribution in [0.5, 0.6) is 0 Å².